The zero-order valence-electron chi connectivity index (χ0n) is 17.0. The van der Waals surface area contributed by atoms with Gasteiger partial charge in [-0.15, -0.1) is 0 Å². The Bertz CT molecular complexity index is 798. The fourth-order valence-corrected chi connectivity index (χ4v) is 3.07. The predicted molar refractivity (Wildman–Crippen MR) is 109 cm³/mol. The molecule has 2 amide bonds. The highest BCUT2D eigenvalue weighted by Crippen LogP contribution is 2.15. The molecular formula is C23H30N2O2. The van der Waals surface area contributed by atoms with E-state index >= 15 is 0 Å². The summed E-state index contributed by atoms with van der Waals surface area (Å²) in [7, 11) is 0. The van der Waals surface area contributed by atoms with Crippen LogP contribution in [0.5, 0.6) is 0 Å². The van der Waals surface area contributed by atoms with Crippen molar-refractivity contribution < 1.29 is 9.59 Å². The summed E-state index contributed by atoms with van der Waals surface area (Å²) in [6.07, 6.45) is 0.289. The van der Waals surface area contributed by atoms with Gasteiger partial charge in [0.2, 0.25) is 11.8 Å². The third-order valence-corrected chi connectivity index (χ3v) is 4.64. The zero-order chi connectivity index (χ0) is 20.0. The lowest BCUT2D eigenvalue weighted by atomic mass is 10.0. The van der Waals surface area contributed by atoms with Crippen molar-refractivity contribution in [3.05, 3.63) is 70.8 Å². The largest absolute Gasteiger partial charge is 0.352 e. The topological polar surface area (TPSA) is 49.4 Å². The minimum absolute atomic E-state index is 0.0345. The van der Waals surface area contributed by atoms with Crippen LogP contribution in [0, 0.1) is 13.8 Å². The maximum atomic E-state index is 13.1. The third-order valence-electron chi connectivity index (χ3n) is 4.64. The maximum absolute atomic E-state index is 13.1. The summed E-state index contributed by atoms with van der Waals surface area (Å²) in [5, 5.41) is 2.92. The van der Waals surface area contributed by atoms with Gasteiger partial charge in [0.05, 0.1) is 6.42 Å². The number of amides is 2. The van der Waals surface area contributed by atoms with Gasteiger partial charge in [0.1, 0.15) is 6.04 Å². The molecule has 0 spiro atoms. The molecular weight excluding hydrogens is 336 g/mol. The summed E-state index contributed by atoms with van der Waals surface area (Å²) in [4.78, 5) is 27.4. The first-order valence-electron chi connectivity index (χ1n) is 9.48. The first-order chi connectivity index (χ1) is 12.8. The Morgan fingerprint density at radius 3 is 2.33 bits per heavy atom. The van der Waals surface area contributed by atoms with Gasteiger partial charge < -0.3 is 10.2 Å². The van der Waals surface area contributed by atoms with Gasteiger partial charge in [0.15, 0.2) is 0 Å². The van der Waals surface area contributed by atoms with Gasteiger partial charge in [-0.2, -0.15) is 0 Å². The molecule has 0 unspecified atom stereocenters. The van der Waals surface area contributed by atoms with Gasteiger partial charge in [-0.25, -0.2) is 0 Å². The molecule has 0 aliphatic rings. The van der Waals surface area contributed by atoms with Crippen LogP contribution in [0.3, 0.4) is 0 Å². The first-order valence-corrected chi connectivity index (χ1v) is 9.48. The highest BCUT2D eigenvalue weighted by Gasteiger charge is 2.26. The Kier molecular flexibility index (Phi) is 7.17. The molecule has 144 valence electrons. The van der Waals surface area contributed by atoms with Crippen LogP contribution in [-0.2, 0) is 22.6 Å². The zero-order valence-corrected chi connectivity index (χ0v) is 17.0. The minimum atomic E-state index is -0.538. The summed E-state index contributed by atoms with van der Waals surface area (Å²) < 4.78 is 0. The molecule has 0 fully saturated rings. The molecule has 0 aliphatic carbocycles. The van der Waals surface area contributed by atoms with Gasteiger partial charge in [-0.05, 0) is 51.3 Å². The number of aryl methyl sites for hydroxylation is 2. The van der Waals surface area contributed by atoms with Crippen molar-refractivity contribution in [2.45, 2.75) is 59.7 Å². The van der Waals surface area contributed by atoms with Crippen LogP contribution in [0.2, 0.25) is 0 Å². The quantitative estimate of drug-likeness (QED) is 0.810. The van der Waals surface area contributed by atoms with Gasteiger partial charge in [-0.3, -0.25) is 9.59 Å². The van der Waals surface area contributed by atoms with Crippen molar-refractivity contribution in [2.24, 2.45) is 0 Å². The number of carbonyl (C=O) groups is 2. The van der Waals surface area contributed by atoms with E-state index in [1.54, 1.807) is 11.8 Å². The molecule has 0 aliphatic heterocycles. The van der Waals surface area contributed by atoms with Crippen LogP contribution in [0.25, 0.3) is 0 Å². The van der Waals surface area contributed by atoms with E-state index in [2.05, 4.69) is 11.4 Å². The Hall–Kier alpha value is -2.62. The normalized spacial score (nSPS) is 11.9. The van der Waals surface area contributed by atoms with Crippen molar-refractivity contribution in [3.63, 3.8) is 0 Å². The molecule has 1 N–H and O–H groups in total. The Morgan fingerprint density at radius 2 is 1.70 bits per heavy atom. The van der Waals surface area contributed by atoms with Crippen LogP contribution in [0.15, 0.2) is 48.5 Å². The molecule has 0 saturated carbocycles. The summed E-state index contributed by atoms with van der Waals surface area (Å²) in [5.74, 6) is -0.173. The molecule has 2 rings (SSSR count). The number of nitrogens with one attached hydrogen (secondary N) is 1. The lowest BCUT2D eigenvalue weighted by Gasteiger charge is -2.29. The van der Waals surface area contributed by atoms with Crippen LogP contribution in [0.4, 0.5) is 0 Å². The number of hydrogen-bond donors (Lipinski definition) is 1. The fourth-order valence-electron chi connectivity index (χ4n) is 3.07. The number of rotatable bonds is 7. The van der Waals surface area contributed by atoms with Crippen LogP contribution < -0.4 is 5.32 Å². The van der Waals surface area contributed by atoms with E-state index in [-0.39, 0.29) is 24.3 Å². The van der Waals surface area contributed by atoms with E-state index in [0.717, 1.165) is 22.3 Å². The molecule has 4 heteroatoms. The number of carbonyl (C=O) groups excluding carboxylic acids is 2. The molecule has 2 aromatic carbocycles. The lowest BCUT2D eigenvalue weighted by molar-refractivity contribution is -0.140. The van der Waals surface area contributed by atoms with Crippen molar-refractivity contribution in [3.8, 4) is 0 Å². The molecule has 0 aromatic heterocycles. The molecule has 27 heavy (non-hydrogen) atoms. The van der Waals surface area contributed by atoms with Gasteiger partial charge in [0.25, 0.3) is 0 Å². The summed E-state index contributed by atoms with van der Waals surface area (Å²) in [6, 6.07) is 15.4. The molecule has 4 nitrogen and oxygen atoms in total. The van der Waals surface area contributed by atoms with Gasteiger partial charge in [0, 0.05) is 12.6 Å². The minimum Gasteiger partial charge on any atom is -0.352 e. The molecule has 0 bridgehead atoms. The third kappa shape index (κ3) is 5.95. The van der Waals surface area contributed by atoms with Crippen LogP contribution in [0.1, 0.15) is 43.0 Å². The fraction of sp³-hybridized carbons (Fsp3) is 0.391. The second kappa shape index (κ2) is 9.36. The highest BCUT2D eigenvalue weighted by molar-refractivity contribution is 5.88. The maximum Gasteiger partial charge on any atom is 0.242 e. The number of hydrogen-bond acceptors (Lipinski definition) is 2. The second-order valence-corrected chi connectivity index (χ2v) is 7.45. The second-order valence-electron chi connectivity index (χ2n) is 7.45. The smallest absolute Gasteiger partial charge is 0.242 e. The van der Waals surface area contributed by atoms with E-state index in [1.807, 2.05) is 70.2 Å². The SMILES string of the molecule is Cc1cccc(CN(C(=O)Cc2ccccc2C)[C@H](C)C(=O)NC(C)C)c1. The van der Waals surface area contributed by atoms with Crippen molar-refractivity contribution in [1.29, 1.82) is 0 Å². The average Bonchev–Trinajstić information content (AvgIpc) is 2.60. The summed E-state index contributed by atoms with van der Waals surface area (Å²) >= 11 is 0. The summed E-state index contributed by atoms with van der Waals surface area (Å²) in [6.45, 7) is 10.1. The molecule has 0 heterocycles. The monoisotopic (exact) mass is 366 g/mol. The average molecular weight is 367 g/mol. The number of benzene rings is 2. The van der Waals surface area contributed by atoms with Crippen molar-refractivity contribution in [1.82, 2.24) is 10.2 Å². The molecule has 0 radical (unpaired) electrons. The highest BCUT2D eigenvalue weighted by atomic mass is 16.2. The van der Waals surface area contributed by atoms with Crippen LogP contribution in [-0.4, -0.2) is 28.8 Å². The Balaban J connectivity index is 2.26. The van der Waals surface area contributed by atoms with E-state index in [4.69, 9.17) is 0 Å². The predicted octanol–water partition coefficient (Wildman–Crippen LogP) is 3.79. The van der Waals surface area contributed by atoms with Crippen molar-refractivity contribution >= 4 is 11.8 Å². The Labute approximate surface area is 162 Å². The van der Waals surface area contributed by atoms with Crippen molar-refractivity contribution in [2.75, 3.05) is 0 Å². The molecule has 2 aromatic rings. The van der Waals surface area contributed by atoms with E-state index < -0.39 is 6.04 Å². The molecule has 0 saturated heterocycles. The Morgan fingerprint density at radius 1 is 1.00 bits per heavy atom. The van der Waals surface area contributed by atoms with Crippen LogP contribution >= 0.6 is 0 Å². The van der Waals surface area contributed by atoms with Gasteiger partial charge >= 0.3 is 0 Å². The van der Waals surface area contributed by atoms with E-state index in [1.165, 1.54) is 0 Å². The summed E-state index contributed by atoms with van der Waals surface area (Å²) in [5.41, 5.74) is 4.24. The lowest BCUT2D eigenvalue weighted by Crippen LogP contribution is -2.49. The van der Waals surface area contributed by atoms with E-state index in [0.29, 0.717) is 6.54 Å². The van der Waals surface area contributed by atoms with Gasteiger partial charge in [-0.1, -0.05) is 54.1 Å². The number of nitrogens with zero attached hydrogens (tertiary/aromatic N) is 1. The molecule has 1 atom stereocenters. The standard InChI is InChI=1S/C23H30N2O2/c1-16(2)24-23(27)19(5)25(15-20-11-8-9-17(3)13-20)22(26)14-21-12-7-6-10-18(21)4/h6-13,16,19H,14-15H2,1-5H3,(H,24,27)/t19-/m1/s1. The first kappa shape index (κ1) is 20.7. The van der Waals surface area contributed by atoms with E-state index in [9.17, 15) is 9.59 Å².